The Labute approximate surface area is 103 Å². The van der Waals surface area contributed by atoms with E-state index in [0.717, 1.165) is 12.5 Å². The minimum absolute atomic E-state index is 0.0176. The predicted octanol–water partition coefficient (Wildman–Crippen LogP) is 4.43. The highest BCUT2D eigenvalue weighted by Gasteiger charge is 2.15. The first-order chi connectivity index (χ1) is 8.04. The number of benzene rings is 1. The maximum Gasteiger partial charge on any atom is 0.149 e. The molecule has 0 unspecified atom stereocenters. The summed E-state index contributed by atoms with van der Waals surface area (Å²) in [6.45, 7) is 3.50. The van der Waals surface area contributed by atoms with Crippen molar-refractivity contribution in [2.24, 2.45) is 0 Å². The van der Waals surface area contributed by atoms with Gasteiger partial charge in [-0.25, -0.2) is 13.8 Å². The van der Waals surface area contributed by atoms with Crippen LogP contribution >= 0.6 is 11.6 Å². The molecule has 0 bridgehead atoms. The van der Waals surface area contributed by atoms with Crippen molar-refractivity contribution >= 4 is 22.5 Å². The SMILES string of the molecule is CCCc1cc(Cl)c2c(F)c(C)cc(F)c2n1. The molecule has 0 fully saturated rings. The van der Waals surface area contributed by atoms with Crippen molar-refractivity contribution in [3.63, 3.8) is 0 Å². The summed E-state index contributed by atoms with van der Waals surface area (Å²) in [7, 11) is 0. The van der Waals surface area contributed by atoms with Gasteiger partial charge in [0.15, 0.2) is 0 Å². The Morgan fingerprint density at radius 3 is 2.65 bits per heavy atom. The Bertz CT molecular complexity index is 581. The van der Waals surface area contributed by atoms with Crippen molar-refractivity contribution in [2.75, 3.05) is 0 Å². The third-order valence-electron chi connectivity index (χ3n) is 2.67. The molecule has 17 heavy (non-hydrogen) atoms. The van der Waals surface area contributed by atoms with Crippen molar-refractivity contribution in [1.82, 2.24) is 4.98 Å². The van der Waals surface area contributed by atoms with E-state index < -0.39 is 11.6 Å². The molecule has 4 heteroatoms. The van der Waals surface area contributed by atoms with E-state index in [4.69, 9.17) is 11.6 Å². The second kappa shape index (κ2) is 4.57. The molecule has 1 nitrogen and oxygen atoms in total. The van der Waals surface area contributed by atoms with E-state index in [9.17, 15) is 8.78 Å². The molecule has 0 radical (unpaired) electrons. The molecule has 0 atom stereocenters. The highest BCUT2D eigenvalue weighted by atomic mass is 35.5. The normalized spacial score (nSPS) is 11.1. The second-order valence-corrected chi connectivity index (χ2v) is 4.47. The standard InChI is InChI=1S/C13H12ClF2N/c1-3-4-8-6-9(14)11-12(16)7(2)5-10(15)13(11)17-8/h5-6H,3-4H2,1-2H3. The quantitative estimate of drug-likeness (QED) is 0.774. The number of hydrogen-bond donors (Lipinski definition) is 0. The van der Waals surface area contributed by atoms with Crippen LogP contribution in [0.3, 0.4) is 0 Å². The number of rotatable bonds is 2. The van der Waals surface area contributed by atoms with E-state index in [1.54, 1.807) is 6.07 Å². The van der Waals surface area contributed by atoms with Crippen LogP contribution in [0.1, 0.15) is 24.6 Å². The molecule has 0 aliphatic rings. The van der Waals surface area contributed by atoms with Crippen molar-refractivity contribution in [3.05, 3.63) is 40.0 Å². The lowest BCUT2D eigenvalue weighted by molar-refractivity contribution is 0.607. The largest absolute Gasteiger partial charge is 0.250 e. The number of pyridine rings is 1. The summed E-state index contributed by atoms with van der Waals surface area (Å²) >= 11 is 6.00. The summed E-state index contributed by atoms with van der Waals surface area (Å²) < 4.78 is 27.6. The first-order valence-electron chi connectivity index (χ1n) is 5.48. The molecule has 90 valence electrons. The van der Waals surface area contributed by atoms with Crippen LogP contribution in [0.15, 0.2) is 12.1 Å². The Kier molecular flexibility index (Phi) is 3.29. The molecule has 1 heterocycles. The number of hydrogen-bond acceptors (Lipinski definition) is 1. The van der Waals surface area contributed by atoms with Crippen molar-refractivity contribution in [3.8, 4) is 0 Å². The first-order valence-corrected chi connectivity index (χ1v) is 5.86. The van der Waals surface area contributed by atoms with E-state index in [-0.39, 0.29) is 21.5 Å². The number of halogens is 3. The fourth-order valence-electron chi connectivity index (χ4n) is 1.85. The van der Waals surface area contributed by atoms with Gasteiger partial charge in [0.25, 0.3) is 0 Å². The van der Waals surface area contributed by atoms with Gasteiger partial charge in [-0.2, -0.15) is 0 Å². The van der Waals surface area contributed by atoms with Gasteiger partial charge in [0.05, 0.1) is 10.4 Å². The van der Waals surface area contributed by atoms with Gasteiger partial charge in [-0.3, -0.25) is 0 Å². The highest BCUT2D eigenvalue weighted by molar-refractivity contribution is 6.35. The minimum atomic E-state index is -0.529. The van der Waals surface area contributed by atoms with Gasteiger partial charge in [-0.15, -0.1) is 0 Å². The average Bonchev–Trinajstić information content (AvgIpc) is 2.26. The molecular weight excluding hydrogens is 244 g/mol. The van der Waals surface area contributed by atoms with Gasteiger partial charge >= 0.3 is 0 Å². The zero-order valence-corrected chi connectivity index (χ0v) is 10.4. The highest BCUT2D eigenvalue weighted by Crippen LogP contribution is 2.29. The summed E-state index contributed by atoms with van der Waals surface area (Å²) in [6, 6.07) is 2.76. The molecule has 2 rings (SSSR count). The lowest BCUT2D eigenvalue weighted by Crippen LogP contribution is -1.97. The maximum atomic E-state index is 13.9. The number of aromatic nitrogens is 1. The molecule has 0 saturated heterocycles. The van der Waals surface area contributed by atoms with Crippen LogP contribution in [0.4, 0.5) is 8.78 Å². The van der Waals surface area contributed by atoms with Gasteiger partial charge in [0.2, 0.25) is 0 Å². The van der Waals surface area contributed by atoms with Gasteiger partial charge < -0.3 is 0 Å². The number of fused-ring (bicyclic) bond motifs is 1. The summed E-state index contributed by atoms with van der Waals surface area (Å²) in [6.07, 6.45) is 1.58. The van der Waals surface area contributed by atoms with Crippen LogP contribution in [-0.2, 0) is 6.42 Å². The van der Waals surface area contributed by atoms with E-state index in [0.29, 0.717) is 12.1 Å². The summed E-state index contributed by atoms with van der Waals surface area (Å²) in [4.78, 5) is 4.13. The number of nitrogens with zero attached hydrogens (tertiary/aromatic N) is 1. The van der Waals surface area contributed by atoms with Crippen LogP contribution in [0, 0.1) is 18.6 Å². The van der Waals surface area contributed by atoms with Gasteiger partial charge in [-0.1, -0.05) is 24.9 Å². The van der Waals surface area contributed by atoms with E-state index in [1.165, 1.54) is 6.92 Å². The third-order valence-corrected chi connectivity index (χ3v) is 2.96. The van der Waals surface area contributed by atoms with Crippen LogP contribution in [0.5, 0.6) is 0 Å². The summed E-state index contributed by atoms with van der Waals surface area (Å²) in [5, 5.41) is 0.294. The molecule has 0 aliphatic heterocycles. The molecule has 0 amide bonds. The van der Waals surface area contributed by atoms with Crippen LogP contribution in [0.2, 0.25) is 5.02 Å². The van der Waals surface area contributed by atoms with E-state index >= 15 is 0 Å². The Morgan fingerprint density at radius 2 is 2.00 bits per heavy atom. The fourth-order valence-corrected chi connectivity index (χ4v) is 2.15. The molecule has 0 N–H and O–H groups in total. The molecule has 0 aliphatic carbocycles. The van der Waals surface area contributed by atoms with Crippen molar-refractivity contribution < 1.29 is 8.78 Å². The first kappa shape index (κ1) is 12.2. The average molecular weight is 256 g/mol. The molecule has 0 spiro atoms. The smallest absolute Gasteiger partial charge is 0.149 e. The zero-order valence-electron chi connectivity index (χ0n) is 9.65. The van der Waals surface area contributed by atoms with Gasteiger partial charge in [0.1, 0.15) is 17.2 Å². The van der Waals surface area contributed by atoms with Crippen LogP contribution in [0.25, 0.3) is 10.9 Å². The Morgan fingerprint density at radius 1 is 1.29 bits per heavy atom. The molecule has 2 aromatic rings. The monoisotopic (exact) mass is 255 g/mol. The number of aryl methyl sites for hydroxylation is 2. The van der Waals surface area contributed by atoms with Gasteiger partial charge in [-0.05, 0) is 31.0 Å². The predicted molar refractivity (Wildman–Crippen MR) is 65.4 cm³/mol. The lowest BCUT2D eigenvalue weighted by Gasteiger charge is -2.08. The van der Waals surface area contributed by atoms with E-state index in [1.807, 2.05) is 6.92 Å². The fraction of sp³-hybridized carbons (Fsp3) is 0.308. The molecule has 1 aromatic heterocycles. The Balaban J connectivity index is 2.81. The molecule has 1 aromatic carbocycles. The van der Waals surface area contributed by atoms with E-state index in [2.05, 4.69) is 4.98 Å². The van der Waals surface area contributed by atoms with Gasteiger partial charge in [0, 0.05) is 5.69 Å². The van der Waals surface area contributed by atoms with Crippen LogP contribution < -0.4 is 0 Å². The summed E-state index contributed by atoms with van der Waals surface area (Å²) in [5.41, 5.74) is 0.943. The maximum absolute atomic E-state index is 13.9. The lowest BCUT2D eigenvalue weighted by atomic mass is 10.1. The van der Waals surface area contributed by atoms with Crippen molar-refractivity contribution in [1.29, 1.82) is 0 Å². The van der Waals surface area contributed by atoms with Crippen LogP contribution in [-0.4, -0.2) is 4.98 Å². The topological polar surface area (TPSA) is 12.9 Å². The second-order valence-electron chi connectivity index (χ2n) is 4.06. The summed E-state index contributed by atoms with van der Waals surface area (Å²) in [5.74, 6) is -1.03. The zero-order chi connectivity index (χ0) is 12.6. The Hall–Kier alpha value is -1.22. The molecule has 0 saturated carbocycles. The molecular formula is C13H12ClF2N. The van der Waals surface area contributed by atoms with Crippen molar-refractivity contribution in [2.45, 2.75) is 26.7 Å². The third kappa shape index (κ3) is 2.12. The minimum Gasteiger partial charge on any atom is -0.250 e.